The van der Waals surface area contributed by atoms with Crippen LogP contribution in [0.4, 0.5) is 0 Å². The molecule has 39 heavy (non-hydrogen) atoms. The number of esters is 1. The molecule has 2 aromatic carbocycles. The number of nitrogens with one attached hydrogen (secondary N) is 3. The molecule has 3 amide bonds. The molecule has 2 aromatic rings. The molecule has 9 heteroatoms. The summed E-state index contributed by atoms with van der Waals surface area (Å²) in [5.41, 5.74) is 1.85. The highest BCUT2D eigenvalue weighted by molar-refractivity contribution is 5.97. The molecule has 1 aliphatic heterocycles. The minimum atomic E-state index is -0.988. The van der Waals surface area contributed by atoms with Crippen molar-refractivity contribution in [2.24, 2.45) is 17.8 Å². The first-order valence-corrected chi connectivity index (χ1v) is 13.5. The van der Waals surface area contributed by atoms with E-state index in [-0.39, 0.29) is 25.0 Å². The zero-order chi connectivity index (χ0) is 28.4. The Morgan fingerprint density at radius 3 is 2.08 bits per heavy atom. The molecule has 0 aromatic heterocycles. The maximum atomic E-state index is 13.3. The van der Waals surface area contributed by atoms with Crippen LogP contribution in [0.3, 0.4) is 0 Å². The molecule has 0 radical (unpaired) electrons. The summed E-state index contributed by atoms with van der Waals surface area (Å²) >= 11 is 0. The Morgan fingerprint density at radius 2 is 1.51 bits per heavy atom. The first kappa shape index (κ1) is 29.8. The standard InChI is InChI=1S/C30H39N3O6/c1-5-20(4)24-26(39-30(24)37)29(36)33-25(19(2)3)28(35)32-23(18-38-17-22-14-10-7-11-15-22)27(34)31-16-21-12-8-6-9-13-21/h6-15,19-20,23-26H,5,16-18H2,1-4H3,(H,31,34)(H,32,35)(H,33,36)/t20-,23-,24-,25-,26+/m0/s1. The maximum absolute atomic E-state index is 13.3. The minimum absolute atomic E-state index is 0.0206. The minimum Gasteiger partial charge on any atom is -0.451 e. The Bertz CT molecular complexity index is 1110. The lowest BCUT2D eigenvalue weighted by atomic mass is 9.82. The fraction of sp³-hybridized carbons (Fsp3) is 0.467. The first-order valence-electron chi connectivity index (χ1n) is 13.5. The van der Waals surface area contributed by atoms with Crippen molar-refractivity contribution in [3.63, 3.8) is 0 Å². The molecule has 0 aliphatic carbocycles. The summed E-state index contributed by atoms with van der Waals surface area (Å²) in [5, 5.41) is 8.34. The molecular formula is C30H39N3O6. The smallest absolute Gasteiger partial charge is 0.314 e. The predicted molar refractivity (Wildman–Crippen MR) is 146 cm³/mol. The number of benzene rings is 2. The van der Waals surface area contributed by atoms with Crippen LogP contribution >= 0.6 is 0 Å². The van der Waals surface area contributed by atoms with E-state index in [1.54, 1.807) is 13.8 Å². The second-order valence-corrected chi connectivity index (χ2v) is 10.3. The largest absolute Gasteiger partial charge is 0.451 e. The van der Waals surface area contributed by atoms with Crippen LogP contribution in [0.25, 0.3) is 0 Å². The normalized spacial score (nSPS) is 18.7. The summed E-state index contributed by atoms with van der Waals surface area (Å²) in [6.07, 6.45) is -0.207. The summed E-state index contributed by atoms with van der Waals surface area (Å²) in [6, 6.07) is 17.0. The molecule has 0 bridgehead atoms. The van der Waals surface area contributed by atoms with Crippen LogP contribution in [0.2, 0.25) is 0 Å². The van der Waals surface area contributed by atoms with Crippen molar-refractivity contribution in [1.82, 2.24) is 16.0 Å². The molecule has 1 saturated heterocycles. The number of ether oxygens (including phenoxy) is 2. The lowest BCUT2D eigenvalue weighted by Gasteiger charge is -2.38. The van der Waals surface area contributed by atoms with Crippen molar-refractivity contribution < 1.29 is 28.7 Å². The third-order valence-corrected chi connectivity index (χ3v) is 6.94. The van der Waals surface area contributed by atoms with Crippen LogP contribution in [-0.2, 0) is 41.8 Å². The highest BCUT2D eigenvalue weighted by Crippen LogP contribution is 2.31. The summed E-state index contributed by atoms with van der Waals surface area (Å²) in [7, 11) is 0. The first-order chi connectivity index (χ1) is 18.7. The molecule has 1 heterocycles. The zero-order valence-corrected chi connectivity index (χ0v) is 23.0. The van der Waals surface area contributed by atoms with Crippen molar-refractivity contribution in [1.29, 1.82) is 0 Å². The summed E-state index contributed by atoms with van der Waals surface area (Å²) in [6.45, 7) is 7.92. The number of carbonyl (C=O) groups is 4. The van der Waals surface area contributed by atoms with Gasteiger partial charge in [-0.3, -0.25) is 19.2 Å². The summed E-state index contributed by atoms with van der Waals surface area (Å²) in [5.74, 6) is -2.68. The Balaban J connectivity index is 1.66. The van der Waals surface area contributed by atoms with Crippen molar-refractivity contribution in [3.05, 3.63) is 71.8 Å². The van der Waals surface area contributed by atoms with Crippen LogP contribution in [-0.4, -0.2) is 48.5 Å². The molecule has 1 aliphatic rings. The van der Waals surface area contributed by atoms with Crippen LogP contribution in [0, 0.1) is 17.8 Å². The average Bonchev–Trinajstić information content (AvgIpc) is 2.93. The van der Waals surface area contributed by atoms with Gasteiger partial charge >= 0.3 is 5.97 Å². The molecule has 210 valence electrons. The number of carbonyl (C=O) groups excluding carboxylic acids is 4. The quantitative estimate of drug-likeness (QED) is 0.319. The number of hydrogen-bond acceptors (Lipinski definition) is 6. The summed E-state index contributed by atoms with van der Waals surface area (Å²) in [4.78, 5) is 51.4. The second kappa shape index (κ2) is 14.4. The topological polar surface area (TPSA) is 123 Å². The van der Waals surface area contributed by atoms with Gasteiger partial charge in [0, 0.05) is 6.54 Å². The van der Waals surface area contributed by atoms with E-state index in [1.807, 2.05) is 74.5 Å². The number of hydrogen-bond donors (Lipinski definition) is 3. The van der Waals surface area contributed by atoms with Crippen LogP contribution < -0.4 is 16.0 Å². The van der Waals surface area contributed by atoms with E-state index in [9.17, 15) is 19.2 Å². The molecule has 3 rings (SSSR count). The fourth-order valence-electron chi connectivity index (χ4n) is 4.32. The van der Waals surface area contributed by atoms with Gasteiger partial charge in [-0.15, -0.1) is 0 Å². The van der Waals surface area contributed by atoms with Gasteiger partial charge in [0.1, 0.15) is 18.0 Å². The maximum Gasteiger partial charge on any atom is 0.314 e. The Kier molecular flexibility index (Phi) is 11.0. The van der Waals surface area contributed by atoms with Gasteiger partial charge in [0.15, 0.2) is 6.10 Å². The van der Waals surface area contributed by atoms with Gasteiger partial charge < -0.3 is 25.4 Å². The lowest BCUT2D eigenvalue weighted by molar-refractivity contribution is -0.193. The second-order valence-electron chi connectivity index (χ2n) is 10.3. The average molecular weight is 538 g/mol. The molecule has 0 spiro atoms. The lowest BCUT2D eigenvalue weighted by Crippen LogP contribution is -2.61. The third kappa shape index (κ3) is 8.38. The summed E-state index contributed by atoms with van der Waals surface area (Å²) < 4.78 is 10.9. The molecule has 0 saturated carbocycles. The van der Waals surface area contributed by atoms with Gasteiger partial charge in [-0.25, -0.2) is 0 Å². The SMILES string of the molecule is CC[C@H](C)[C@@H]1C(=O)O[C@H]1C(=O)N[C@H](C(=O)N[C@@H](COCc1ccccc1)C(=O)NCc1ccccc1)C(C)C. The highest BCUT2D eigenvalue weighted by atomic mass is 16.6. The zero-order valence-electron chi connectivity index (χ0n) is 23.0. The van der Waals surface area contributed by atoms with Crippen molar-refractivity contribution in [2.75, 3.05) is 6.61 Å². The predicted octanol–water partition coefficient (Wildman–Crippen LogP) is 2.73. The number of cyclic esters (lactones) is 1. The van der Waals surface area contributed by atoms with Crippen molar-refractivity contribution in [3.8, 4) is 0 Å². The third-order valence-electron chi connectivity index (χ3n) is 6.94. The molecule has 1 fully saturated rings. The molecular weight excluding hydrogens is 498 g/mol. The van der Waals surface area contributed by atoms with E-state index in [4.69, 9.17) is 9.47 Å². The van der Waals surface area contributed by atoms with Crippen molar-refractivity contribution in [2.45, 2.75) is 65.5 Å². The van der Waals surface area contributed by atoms with E-state index in [1.165, 1.54) is 0 Å². The van der Waals surface area contributed by atoms with E-state index < -0.39 is 47.8 Å². The van der Waals surface area contributed by atoms with E-state index in [2.05, 4.69) is 16.0 Å². The Labute approximate surface area is 230 Å². The molecule has 3 N–H and O–H groups in total. The van der Waals surface area contributed by atoms with E-state index in [0.29, 0.717) is 6.54 Å². The van der Waals surface area contributed by atoms with Crippen LogP contribution in [0.15, 0.2) is 60.7 Å². The molecule has 0 unspecified atom stereocenters. The number of amides is 3. The van der Waals surface area contributed by atoms with Gasteiger partial charge in [0.25, 0.3) is 5.91 Å². The van der Waals surface area contributed by atoms with E-state index in [0.717, 1.165) is 17.5 Å². The highest BCUT2D eigenvalue weighted by Gasteiger charge is 2.50. The Morgan fingerprint density at radius 1 is 0.897 bits per heavy atom. The van der Waals surface area contributed by atoms with Gasteiger partial charge in [0.05, 0.1) is 13.2 Å². The van der Waals surface area contributed by atoms with Gasteiger partial charge in [-0.2, -0.15) is 0 Å². The van der Waals surface area contributed by atoms with Crippen LogP contribution in [0.1, 0.15) is 45.2 Å². The molecule has 9 nitrogen and oxygen atoms in total. The molecule has 5 atom stereocenters. The van der Waals surface area contributed by atoms with Crippen molar-refractivity contribution >= 4 is 23.7 Å². The Hall–Kier alpha value is -3.72. The fourth-order valence-corrected chi connectivity index (χ4v) is 4.32. The van der Waals surface area contributed by atoms with Crippen LogP contribution in [0.5, 0.6) is 0 Å². The monoisotopic (exact) mass is 537 g/mol. The number of rotatable bonds is 14. The van der Waals surface area contributed by atoms with Gasteiger partial charge in [-0.1, -0.05) is 94.8 Å². The van der Waals surface area contributed by atoms with Gasteiger partial charge in [-0.05, 0) is 23.0 Å². The van der Waals surface area contributed by atoms with E-state index >= 15 is 0 Å². The van der Waals surface area contributed by atoms with Gasteiger partial charge in [0.2, 0.25) is 11.8 Å².